The number of amides is 1. The number of nitrogens with one attached hydrogen (secondary N) is 1. The smallest absolute Gasteiger partial charge is 0.331 e. The van der Waals surface area contributed by atoms with E-state index in [-0.39, 0.29) is 10.2 Å². The molecule has 2 rings (SSSR count). The van der Waals surface area contributed by atoms with Gasteiger partial charge in [-0.25, -0.2) is 14.2 Å². The summed E-state index contributed by atoms with van der Waals surface area (Å²) in [7, 11) is 0. The fourth-order valence-electron chi connectivity index (χ4n) is 1.63. The van der Waals surface area contributed by atoms with Gasteiger partial charge in [0.1, 0.15) is 5.82 Å². The van der Waals surface area contributed by atoms with Gasteiger partial charge in [-0.2, -0.15) is 0 Å². The zero-order valence-electron chi connectivity index (χ0n) is 12.1. The number of hydrogen-bond acceptors (Lipinski definition) is 4. The second-order valence-corrected chi connectivity index (χ2v) is 5.27. The summed E-state index contributed by atoms with van der Waals surface area (Å²) in [5.74, 6) is -1.85. The second-order valence-electron chi connectivity index (χ2n) is 4.50. The average molecular weight is 369 g/mol. The molecule has 1 amide bonds. The number of esters is 1. The van der Waals surface area contributed by atoms with E-state index in [1.165, 1.54) is 30.5 Å². The lowest BCUT2D eigenvalue weighted by molar-refractivity contribution is -0.142. The van der Waals surface area contributed by atoms with Crippen molar-refractivity contribution >= 4 is 46.8 Å². The number of benzene rings is 1. The van der Waals surface area contributed by atoms with E-state index in [1.54, 1.807) is 12.1 Å². The van der Waals surface area contributed by atoms with E-state index in [4.69, 9.17) is 27.9 Å². The summed E-state index contributed by atoms with van der Waals surface area (Å²) in [4.78, 5) is 27.0. The minimum atomic E-state index is -0.733. The number of aromatic nitrogens is 1. The number of pyridine rings is 1. The van der Waals surface area contributed by atoms with Gasteiger partial charge in [0.05, 0.1) is 10.7 Å². The summed E-state index contributed by atoms with van der Waals surface area (Å²) >= 11 is 11.4. The standard InChI is InChI=1S/C16H11Cl2FN2O3/c17-11-8-10(3-5-12(11)19)4-6-15(23)24-9-14(22)21-13-2-1-7-20-16(13)18/h1-8H,9H2,(H,21,22)/b6-4+. The van der Waals surface area contributed by atoms with Gasteiger partial charge in [0.25, 0.3) is 5.91 Å². The first-order valence-electron chi connectivity index (χ1n) is 6.66. The molecule has 0 atom stereocenters. The summed E-state index contributed by atoms with van der Waals surface area (Å²) in [5, 5.41) is 2.53. The van der Waals surface area contributed by atoms with Crippen molar-refractivity contribution in [1.82, 2.24) is 4.98 Å². The topological polar surface area (TPSA) is 68.3 Å². The zero-order valence-corrected chi connectivity index (χ0v) is 13.6. The molecule has 1 aromatic heterocycles. The molecule has 0 aliphatic heterocycles. The molecule has 0 aliphatic rings. The number of carbonyl (C=O) groups is 2. The molecular weight excluding hydrogens is 358 g/mol. The Morgan fingerprint density at radius 1 is 1.29 bits per heavy atom. The lowest BCUT2D eigenvalue weighted by atomic mass is 10.2. The van der Waals surface area contributed by atoms with Gasteiger partial charge in [0.15, 0.2) is 11.8 Å². The summed E-state index contributed by atoms with van der Waals surface area (Å²) in [6.45, 7) is -0.488. The molecule has 24 heavy (non-hydrogen) atoms. The number of anilines is 1. The van der Waals surface area contributed by atoms with Crippen molar-refractivity contribution in [2.45, 2.75) is 0 Å². The van der Waals surface area contributed by atoms with E-state index in [0.717, 1.165) is 6.08 Å². The van der Waals surface area contributed by atoms with Crippen LogP contribution < -0.4 is 5.32 Å². The minimum Gasteiger partial charge on any atom is -0.452 e. The molecule has 124 valence electrons. The van der Waals surface area contributed by atoms with Crippen molar-refractivity contribution in [3.63, 3.8) is 0 Å². The van der Waals surface area contributed by atoms with Crippen LogP contribution in [0.15, 0.2) is 42.6 Å². The van der Waals surface area contributed by atoms with E-state index in [9.17, 15) is 14.0 Å². The first-order valence-corrected chi connectivity index (χ1v) is 7.41. The van der Waals surface area contributed by atoms with Crippen molar-refractivity contribution in [3.05, 3.63) is 64.2 Å². The molecule has 2 aromatic rings. The molecule has 1 heterocycles. The second kappa shape index (κ2) is 8.42. The third-order valence-corrected chi connectivity index (χ3v) is 3.33. The van der Waals surface area contributed by atoms with E-state index < -0.39 is 24.3 Å². The molecular formula is C16H11Cl2FN2O3. The Kier molecular flexibility index (Phi) is 6.28. The van der Waals surface area contributed by atoms with Gasteiger partial charge in [-0.15, -0.1) is 0 Å². The summed E-state index contributed by atoms with van der Waals surface area (Å²) in [6.07, 6.45) is 3.97. The highest BCUT2D eigenvalue weighted by Crippen LogP contribution is 2.18. The Hall–Kier alpha value is -2.44. The third kappa shape index (κ3) is 5.33. The number of ether oxygens (including phenoxy) is 1. The van der Waals surface area contributed by atoms with Gasteiger partial charge in [0.2, 0.25) is 0 Å². The molecule has 0 saturated heterocycles. The Bertz CT molecular complexity index is 797. The van der Waals surface area contributed by atoms with Crippen LogP contribution in [0.2, 0.25) is 10.2 Å². The SMILES string of the molecule is O=C(COC(=O)/C=C/c1ccc(F)c(Cl)c1)Nc1cccnc1Cl. The maximum atomic E-state index is 13.0. The quantitative estimate of drug-likeness (QED) is 0.496. The van der Waals surface area contributed by atoms with E-state index in [0.29, 0.717) is 11.3 Å². The van der Waals surface area contributed by atoms with Crippen LogP contribution in [0.3, 0.4) is 0 Å². The van der Waals surface area contributed by atoms with Crippen molar-refractivity contribution in [2.24, 2.45) is 0 Å². The van der Waals surface area contributed by atoms with Crippen LogP contribution in [-0.4, -0.2) is 23.5 Å². The average Bonchev–Trinajstić information content (AvgIpc) is 2.56. The Balaban J connectivity index is 1.84. The van der Waals surface area contributed by atoms with Gasteiger partial charge in [0, 0.05) is 12.3 Å². The fraction of sp³-hybridized carbons (Fsp3) is 0.0625. The van der Waals surface area contributed by atoms with Gasteiger partial charge in [-0.05, 0) is 35.9 Å². The van der Waals surface area contributed by atoms with Crippen LogP contribution in [0.25, 0.3) is 6.08 Å². The van der Waals surface area contributed by atoms with Crippen LogP contribution >= 0.6 is 23.2 Å². The summed E-state index contributed by atoms with van der Waals surface area (Å²) in [6, 6.07) is 7.15. The molecule has 0 aliphatic carbocycles. The summed E-state index contributed by atoms with van der Waals surface area (Å²) < 4.78 is 17.8. The van der Waals surface area contributed by atoms with E-state index >= 15 is 0 Å². The molecule has 0 unspecified atom stereocenters. The molecule has 0 spiro atoms. The largest absolute Gasteiger partial charge is 0.452 e. The van der Waals surface area contributed by atoms with Gasteiger partial charge in [-0.3, -0.25) is 4.79 Å². The lowest BCUT2D eigenvalue weighted by Gasteiger charge is -2.06. The van der Waals surface area contributed by atoms with Crippen molar-refractivity contribution < 1.29 is 18.7 Å². The Labute approximate surface area is 147 Å². The third-order valence-electron chi connectivity index (χ3n) is 2.73. The zero-order chi connectivity index (χ0) is 17.5. The van der Waals surface area contributed by atoms with Gasteiger partial charge >= 0.3 is 5.97 Å². The van der Waals surface area contributed by atoms with Crippen molar-refractivity contribution in [3.8, 4) is 0 Å². The molecule has 8 heteroatoms. The first-order chi connectivity index (χ1) is 11.5. The highest BCUT2D eigenvalue weighted by molar-refractivity contribution is 6.32. The fourth-order valence-corrected chi connectivity index (χ4v) is 1.99. The van der Waals surface area contributed by atoms with E-state index in [2.05, 4.69) is 10.3 Å². The van der Waals surface area contributed by atoms with Crippen LogP contribution in [0.5, 0.6) is 0 Å². The molecule has 1 N–H and O–H groups in total. The molecule has 0 saturated carbocycles. The molecule has 0 radical (unpaired) electrons. The number of hydrogen-bond donors (Lipinski definition) is 1. The van der Waals surface area contributed by atoms with Crippen LogP contribution in [0.1, 0.15) is 5.56 Å². The van der Waals surface area contributed by atoms with Crippen LogP contribution in [-0.2, 0) is 14.3 Å². The van der Waals surface area contributed by atoms with Crippen molar-refractivity contribution in [2.75, 3.05) is 11.9 Å². The highest BCUT2D eigenvalue weighted by atomic mass is 35.5. The molecule has 5 nitrogen and oxygen atoms in total. The highest BCUT2D eigenvalue weighted by Gasteiger charge is 2.08. The minimum absolute atomic E-state index is 0.0572. The Morgan fingerprint density at radius 3 is 2.79 bits per heavy atom. The molecule has 0 fully saturated rings. The monoisotopic (exact) mass is 368 g/mol. The maximum absolute atomic E-state index is 13.0. The molecule has 0 bridgehead atoms. The number of rotatable bonds is 5. The van der Waals surface area contributed by atoms with Crippen LogP contribution in [0.4, 0.5) is 10.1 Å². The van der Waals surface area contributed by atoms with Gasteiger partial charge in [-0.1, -0.05) is 29.3 Å². The normalized spacial score (nSPS) is 10.6. The Morgan fingerprint density at radius 2 is 2.08 bits per heavy atom. The van der Waals surface area contributed by atoms with E-state index in [1.807, 2.05) is 0 Å². The predicted octanol–water partition coefficient (Wildman–Crippen LogP) is 3.72. The van der Waals surface area contributed by atoms with Crippen LogP contribution in [0, 0.1) is 5.82 Å². The van der Waals surface area contributed by atoms with Gasteiger partial charge < -0.3 is 10.1 Å². The number of carbonyl (C=O) groups excluding carboxylic acids is 2. The number of nitrogens with zero attached hydrogens (tertiary/aromatic N) is 1. The van der Waals surface area contributed by atoms with Crippen molar-refractivity contribution in [1.29, 1.82) is 0 Å². The number of halogens is 3. The predicted molar refractivity (Wildman–Crippen MR) is 89.3 cm³/mol. The summed E-state index contributed by atoms with van der Waals surface area (Å²) in [5.41, 5.74) is 0.835. The first kappa shape index (κ1) is 17.9. The molecule has 1 aromatic carbocycles. The lowest BCUT2D eigenvalue weighted by Crippen LogP contribution is -2.20. The maximum Gasteiger partial charge on any atom is 0.331 e.